The van der Waals surface area contributed by atoms with Crippen LogP contribution in [0.2, 0.25) is 0 Å². The second kappa shape index (κ2) is 15.4. The summed E-state index contributed by atoms with van der Waals surface area (Å²) in [5.74, 6) is -7.22. The van der Waals surface area contributed by atoms with E-state index >= 15 is 0 Å². The van der Waals surface area contributed by atoms with Crippen molar-refractivity contribution in [2.75, 3.05) is 12.0 Å². The Bertz CT molecular complexity index is 794. The minimum atomic E-state index is -1.62. The molecule has 16 heteroatoms. The van der Waals surface area contributed by atoms with Crippen LogP contribution in [0.25, 0.3) is 0 Å². The number of amides is 5. The lowest BCUT2D eigenvalue weighted by atomic mass is 10.1. The van der Waals surface area contributed by atoms with E-state index < -0.39 is 84.9 Å². The van der Waals surface area contributed by atoms with Crippen LogP contribution < -0.4 is 33.2 Å². The van der Waals surface area contributed by atoms with Crippen molar-refractivity contribution in [2.24, 2.45) is 17.2 Å². The van der Waals surface area contributed by atoms with Gasteiger partial charge in [-0.2, -0.15) is 11.8 Å². The largest absolute Gasteiger partial charge is 0.481 e. The number of aliphatic carboxylic acids is 2. The molecule has 0 spiro atoms. The van der Waals surface area contributed by atoms with Gasteiger partial charge in [0.2, 0.25) is 29.5 Å². The second-order valence-corrected chi connectivity index (χ2v) is 8.17. The van der Waals surface area contributed by atoms with Crippen LogP contribution in [0.4, 0.5) is 0 Å². The summed E-state index contributed by atoms with van der Waals surface area (Å²) in [5.41, 5.74) is 15.8. The Morgan fingerprint density at radius 3 is 1.59 bits per heavy atom. The third kappa shape index (κ3) is 12.6. The Balaban J connectivity index is 5.48. The molecule has 0 saturated carbocycles. The van der Waals surface area contributed by atoms with E-state index in [0.717, 1.165) is 0 Å². The van der Waals surface area contributed by atoms with Gasteiger partial charge in [-0.05, 0) is 24.9 Å². The third-order valence-corrected chi connectivity index (χ3v) is 4.95. The Hall–Kier alpha value is -3.40. The van der Waals surface area contributed by atoms with E-state index in [2.05, 4.69) is 16.0 Å². The number of carbonyl (C=O) groups is 7. The Morgan fingerprint density at radius 1 is 0.765 bits per heavy atom. The molecule has 0 heterocycles. The van der Waals surface area contributed by atoms with Gasteiger partial charge in [0.1, 0.15) is 18.1 Å². The molecule has 0 aliphatic heterocycles. The average Bonchev–Trinajstić information content (AvgIpc) is 2.72. The van der Waals surface area contributed by atoms with Crippen LogP contribution in [-0.4, -0.2) is 87.9 Å². The van der Waals surface area contributed by atoms with Crippen molar-refractivity contribution < 1.29 is 43.8 Å². The first-order chi connectivity index (χ1) is 15.8. The molecule has 0 saturated heterocycles. The normalized spacial score (nSPS) is 14.1. The van der Waals surface area contributed by atoms with E-state index in [4.69, 9.17) is 22.3 Å². The number of nitrogens with two attached hydrogens (primary N) is 3. The number of thioether (sulfide) groups is 1. The first-order valence-corrected chi connectivity index (χ1v) is 11.3. The van der Waals surface area contributed by atoms with Crippen LogP contribution >= 0.6 is 11.8 Å². The molecule has 4 atom stereocenters. The SMILES string of the molecule is CSCCC(NC(=O)C(CC(N)=O)NC(=O)C(CC(N)=O)NC(=O)C(N)CCC(=O)O)C(=O)O. The summed E-state index contributed by atoms with van der Waals surface area (Å²) in [6.45, 7) is 0. The first kappa shape index (κ1) is 30.6. The molecule has 4 unspecified atom stereocenters. The van der Waals surface area contributed by atoms with Gasteiger partial charge in [0, 0.05) is 6.42 Å². The lowest BCUT2D eigenvalue weighted by molar-refractivity contribution is -0.142. The monoisotopic (exact) mass is 506 g/mol. The summed E-state index contributed by atoms with van der Waals surface area (Å²) in [4.78, 5) is 82.2. The summed E-state index contributed by atoms with van der Waals surface area (Å²) < 4.78 is 0. The topological polar surface area (TPSA) is 274 Å². The molecule has 11 N–H and O–H groups in total. The lowest BCUT2D eigenvalue weighted by Gasteiger charge is -2.24. The van der Waals surface area contributed by atoms with Crippen LogP contribution in [0.5, 0.6) is 0 Å². The number of hydrogen-bond donors (Lipinski definition) is 8. The zero-order chi connectivity index (χ0) is 26.4. The maximum atomic E-state index is 12.7. The standard InChI is InChI=1S/C18H30N6O9S/c1-34-5-4-9(18(32)33)22-16(30)11(7-13(21)26)24-17(31)10(6-12(20)25)23-15(29)8(19)2-3-14(27)28/h8-11H,2-7,19H2,1H3,(H2,20,25)(H2,21,26)(H,22,30)(H,23,29)(H,24,31)(H,27,28)(H,32,33). The van der Waals surface area contributed by atoms with Gasteiger partial charge < -0.3 is 43.4 Å². The number of carboxylic acids is 2. The van der Waals surface area contributed by atoms with Crippen molar-refractivity contribution in [1.29, 1.82) is 0 Å². The van der Waals surface area contributed by atoms with Crippen LogP contribution in [0.1, 0.15) is 32.1 Å². The molecular weight excluding hydrogens is 476 g/mol. The van der Waals surface area contributed by atoms with E-state index in [1.807, 2.05) is 0 Å². The quantitative estimate of drug-likeness (QED) is 0.0947. The zero-order valence-corrected chi connectivity index (χ0v) is 19.3. The molecule has 0 aliphatic rings. The molecule has 34 heavy (non-hydrogen) atoms. The fourth-order valence-electron chi connectivity index (χ4n) is 2.55. The minimum Gasteiger partial charge on any atom is -0.481 e. The van der Waals surface area contributed by atoms with Crippen LogP contribution in [0, 0.1) is 0 Å². The highest BCUT2D eigenvalue weighted by Gasteiger charge is 2.32. The molecule has 0 aromatic carbocycles. The highest BCUT2D eigenvalue weighted by molar-refractivity contribution is 7.98. The molecule has 0 aliphatic carbocycles. The molecule has 192 valence electrons. The van der Waals surface area contributed by atoms with Crippen molar-refractivity contribution in [2.45, 2.75) is 56.3 Å². The van der Waals surface area contributed by atoms with E-state index in [1.54, 1.807) is 6.26 Å². The summed E-state index contributed by atoms with van der Waals surface area (Å²) in [6, 6.07) is -5.86. The molecule has 15 nitrogen and oxygen atoms in total. The summed E-state index contributed by atoms with van der Waals surface area (Å²) in [7, 11) is 0. The van der Waals surface area contributed by atoms with Gasteiger partial charge in [-0.15, -0.1) is 0 Å². The second-order valence-electron chi connectivity index (χ2n) is 7.18. The first-order valence-electron chi connectivity index (χ1n) is 9.95. The molecule has 0 rings (SSSR count). The maximum Gasteiger partial charge on any atom is 0.326 e. The Morgan fingerprint density at radius 2 is 1.21 bits per heavy atom. The highest BCUT2D eigenvalue weighted by atomic mass is 32.2. The predicted octanol–water partition coefficient (Wildman–Crippen LogP) is -3.78. The van der Waals surface area contributed by atoms with E-state index in [-0.39, 0.29) is 12.8 Å². The van der Waals surface area contributed by atoms with Gasteiger partial charge >= 0.3 is 11.9 Å². The number of carboxylic acid groups (broad SMARTS) is 2. The van der Waals surface area contributed by atoms with Crippen LogP contribution in [0.15, 0.2) is 0 Å². The molecule has 0 aromatic rings. The summed E-state index contributed by atoms with van der Waals surface area (Å²) >= 11 is 1.34. The smallest absolute Gasteiger partial charge is 0.326 e. The van der Waals surface area contributed by atoms with E-state index in [0.29, 0.717) is 5.75 Å². The van der Waals surface area contributed by atoms with Gasteiger partial charge in [-0.3, -0.25) is 28.8 Å². The van der Waals surface area contributed by atoms with Crippen LogP contribution in [0.3, 0.4) is 0 Å². The summed E-state index contributed by atoms with van der Waals surface area (Å²) in [5, 5.41) is 24.4. The molecular formula is C18H30N6O9S. The maximum absolute atomic E-state index is 12.7. The molecule has 0 radical (unpaired) electrons. The van der Waals surface area contributed by atoms with Crippen LogP contribution in [-0.2, 0) is 33.6 Å². The van der Waals surface area contributed by atoms with Gasteiger partial charge in [-0.25, -0.2) is 4.79 Å². The number of carbonyl (C=O) groups excluding carboxylic acids is 5. The fourth-order valence-corrected chi connectivity index (χ4v) is 3.02. The molecule has 0 bridgehead atoms. The highest BCUT2D eigenvalue weighted by Crippen LogP contribution is 2.04. The molecule has 0 fully saturated rings. The molecule has 0 aromatic heterocycles. The zero-order valence-electron chi connectivity index (χ0n) is 18.4. The van der Waals surface area contributed by atoms with Gasteiger partial charge in [-0.1, -0.05) is 0 Å². The average molecular weight is 507 g/mol. The van der Waals surface area contributed by atoms with Gasteiger partial charge in [0.05, 0.1) is 18.9 Å². The summed E-state index contributed by atoms with van der Waals surface area (Å²) in [6.07, 6.45) is -0.304. The van der Waals surface area contributed by atoms with Crippen molar-refractivity contribution >= 4 is 53.2 Å². The van der Waals surface area contributed by atoms with Crippen molar-refractivity contribution in [3.63, 3.8) is 0 Å². The van der Waals surface area contributed by atoms with Gasteiger partial charge in [0.15, 0.2) is 0 Å². The van der Waals surface area contributed by atoms with Gasteiger partial charge in [0.25, 0.3) is 0 Å². The Labute approximate surface area is 198 Å². The Kier molecular flexibility index (Phi) is 13.9. The van der Waals surface area contributed by atoms with E-state index in [1.165, 1.54) is 11.8 Å². The number of primary amides is 2. The van der Waals surface area contributed by atoms with E-state index in [9.17, 15) is 38.7 Å². The van der Waals surface area contributed by atoms with Crippen molar-refractivity contribution in [3.05, 3.63) is 0 Å². The predicted molar refractivity (Wildman–Crippen MR) is 119 cm³/mol. The minimum absolute atomic E-state index is 0.0636. The fraction of sp³-hybridized carbons (Fsp3) is 0.611. The van der Waals surface area contributed by atoms with Crippen molar-refractivity contribution in [3.8, 4) is 0 Å². The number of hydrogen-bond acceptors (Lipinski definition) is 9. The third-order valence-electron chi connectivity index (χ3n) is 4.31. The number of rotatable bonds is 17. The molecule has 5 amide bonds. The lowest BCUT2D eigenvalue weighted by Crippen LogP contribution is -2.58. The van der Waals surface area contributed by atoms with Crippen molar-refractivity contribution in [1.82, 2.24) is 16.0 Å². The number of nitrogens with one attached hydrogen (secondary N) is 3.